The fourth-order valence-corrected chi connectivity index (χ4v) is 4.15. The maximum absolute atomic E-state index is 15.4. The van der Waals surface area contributed by atoms with Gasteiger partial charge in [0.25, 0.3) is 0 Å². The van der Waals surface area contributed by atoms with Crippen molar-refractivity contribution in [1.29, 1.82) is 0 Å². The number of hydrogen-bond donors (Lipinski definition) is 0. The number of benzene rings is 3. The van der Waals surface area contributed by atoms with Gasteiger partial charge in [0.2, 0.25) is 6.36 Å². The molecule has 0 spiro atoms. The molecule has 1 unspecified atom stereocenters. The Balaban J connectivity index is 1.49. The van der Waals surface area contributed by atoms with Crippen molar-refractivity contribution in [3.05, 3.63) is 120 Å². The van der Waals surface area contributed by atoms with Gasteiger partial charge in [-0.3, -0.25) is 0 Å². The Morgan fingerprint density at radius 2 is 1.17 bits per heavy atom. The van der Waals surface area contributed by atoms with E-state index in [1.807, 2.05) is 91.0 Å². The van der Waals surface area contributed by atoms with Gasteiger partial charge in [0.1, 0.15) is 24.4 Å². The average Bonchev–Trinajstić information content (AvgIpc) is 2.92. The first-order valence-corrected chi connectivity index (χ1v) is 12.2. The normalized spacial score (nSPS) is 23.9. The molecule has 4 rings (SSSR count). The highest BCUT2D eigenvalue weighted by Crippen LogP contribution is 2.30. The minimum absolute atomic E-state index is 0.147. The van der Waals surface area contributed by atoms with Gasteiger partial charge >= 0.3 is 0 Å². The molecule has 1 saturated heterocycles. The van der Waals surface area contributed by atoms with E-state index in [-0.39, 0.29) is 19.8 Å². The second kappa shape index (κ2) is 14.0. The van der Waals surface area contributed by atoms with Crippen molar-refractivity contribution in [3.8, 4) is 0 Å². The Kier molecular flexibility index (Phi) is 10.2. The molecule has 0 bridgehead atoms. The van der Waals surface area contributed by atoms with Gasteiger partial charge in [-0.15, -0.1) is 6.58 Å². The zero-order chi connectivity index (χ0) is 25.0. The Hall–Kier alpha value is -2.87. The van der Waals surface area contributed by atoms with E-state index in [1.165, 1.54) is 0 Å². The van der Waals surface area contributed by atoms with Gasteiger partial charge in [-0.05, 0) is 16.7 Å². The summed E-state index contributed by atoms with van der Waals surface area (Å²) in [6.07, 6.45) is -3.06. The average molecular weight is 493 g/mol. The van der Waals surface area contributed by atoms with E-state index < -0.39 is 30.8 Å². The SMILES string of the molecule is C=CCO[C@H]1[C@H](OCc2ccccc2)[C@@H](COCc2ccccc2)OC(F)[C@H]1OCc1ccccc1. The monoisotopic (exact) mass is 492 g/mol. The first kappa shape index (κ1) is 26.2. The molecule has 0 saturated carbocycles. The van der Waals surface area contributed by atoms with Crippen molar-refractivity contribution in [2.75, 3.05) is 13.2 Å². The van der Waals surface area contributed by atoms with Crippen LogP contribution >= 0.6 is 0 Å². The fraction of sp³-hybridized carbons (Fsp3) is 0.333. The van der Waals surface area contributed by atoms with Crippen molar-refractivity contribution in [3.63, 3.8) is 0 Å². The van der Waals surface area contributed by atoms with Crippen LogP contribution in [-0.4, -0.2) is 44.0 Å². The molecule has 36 heavy (non-hydrogen) atoms. The molecule has 0 N–H and O–H groups in total. The molecule has 190 valence electrons. The maximum atomic E-state index is 15.4. The van der Waals surface area contributed by atoms with Crippen LogP contribution in [0.25, 0.3) is 0 Å². The van der Waals surface area contributed by atoms with Crippen molar-refractivity contribution < 1.29 is 28.1 Å². The molecular formula is C30H33FO5. The van der Waals surface area contributed by atoms with Crippen molar-refractivity contribution in [1.82, 2.24) is 0 Å². The topological polar surface area (TPSA) is 46.2 Å². The minimum atomic E-state index is -1.70. The van der Waals surface area contributed by atoms with Crippen LogP contribution in [0, 0.1) is 0 Å². The predicted molar refractivity (Wildman–Crippen MR) is 136 cm³/mol. The third-order valence-corrected chi connectivity index (χ3v) is 5.95. The lowest BCUT2D eigenvalue weighted by molar-refractivity contribution is -0.295. The molecule has 1 aliphatic heterocycles. The lowest BCUT2D eigenvalue weighted by atomic mass is 9.98. The zero-order valence-electron chi connectivity index (χ0n) is 20.3. The summed E-state index contributed by atoms with van der Waals surface area (Å²) in [5.74, 6) is 0. The molecule has 5 atom stereocenters. The van der Waals surface area contributed by atoms with Crippen molar-refractivity contribution in [2.45, 2.75) is 50.6 Å². The summed E-state index contributed by atoms with van der Waals surface area (Å²) in [7, 11) is 0. The lowest BCUT2D eigenvalue weighted by Crippen LogP contribution is -2.60. The molecule has 1 aliphatic rings. The van der Waals surface area contributed by atoms with Crippen LogP contribution in [0.3, 0.4) is 0 Å². The standard InChI is InChI=1S/C30H33FO5/c1-2-18-33-28-27(34-20-24-14-8-4-9-15-24)26(22-32-19-23-12-6-3-7-13-23)36-30(31)29(28)35-21-25-16-10-5-11-17-25/h2-17,26-30H,1,18-22H2/t26-,27-,28+,29+,30?/m1/s1. The molecule has 0 radical (unpaired) electrons. The van der Waals surface area contributed by atoms with E-state index in [4.69, 9.17) is 23.7 Å². The van der Waals surface area contributed by atoms with E-state index in [1.54, 1.807) is 6.08 Å². The third-order valence-electron chi connectivity index (χ3n) is 5.95. The fourth-order valence-electron chi connectivity index (χ4n) is 4.15. The molecule has 0 aliphatic carbocycles. The molecule has 0 aromatic heterocycles. The van der Waals surface area contributed by atoms with Gasteiger partial charge in [-0.25, -0.2) is 4.39 Å². The predicted octanol–water partition coefficient (Wildman–Crippen LogP) is 5.64. The Morgan fingerprint density at radius 1 is 0.667 bits per heavy atom. The van der Waals surface area contributed by atoms with Gasteiger partial charge < -0.3 is 23.7 Å². The van der Waals surface area contributed by atoms with E-state index >= 15 is 4.39 Å². The first-order chi connectivity index (χ1) is 17.7. The summed E-state index contributed by atoms with van der Waals surface area (Å²) in [6.45, 7) is 5.05. The summed E-state index contributed by atoms with van der Waals surface area (Å²) >= 11 is 0. The molecular weight excluding hydrogens is 459 g/mol. The summed E-state index contributed by atoms with van der Waals surface area (Å²) in [5.41, 5.74) is 2.95. The molecule has 6 heteroatoms. The number of hydrogen-bond acceptors (Lipinski definition) is 5. The van der Waals surface area contributed by atoms with Crippen molar-refractivity contribution >= 4 is 0 Å². The number of alkyl halides is 1. The van der Waals surface area contributed by atoms with Gasteiger partial charge in [0.15, 0.2) is 0 Å². The van der Waals surface area contributed by atoms with Crippen LogP contribution < -0.4 is 0 Å². The van der Waals surface area contributed by atoms with Crippen molar-refractivity contribution in [2.24, 2.45) is 0 Å². The summed E-state index contributed by atoms with van der Waals surface area (Å²) < 4.78 is 45.5. The second-order valence-electron chi connectivity index (χ2n) is 8.64. The van der Waals surface area contributed by atoms with Gasteiger partial charge in [0, 0.05) is 0 Å². The third kappa shape index (κ3) is 7.56. The van der Waals surface area contributed by atoms with Crippen LogP contribution in [0.1, 0.15) is 16.7 Å². The van der Waals surface area contributed by atoms with E-state index in [9.17, 15) is 0 Å². The summed E-state index contributed by atoms with van der Waals surface area (Å²) in [4.78, 5) is 0. The molecule has 1 heterocycles. The van der Waals surface area contributed by atoms with Gasteiger partial charge in [-0.1, -0.05) is 97.1 Å². The van der Waals surface area contributed by atoms with Gasteiger partial charge in [0.05, 0.1) is 33.0 Å². The van der Waals surface area contributed by atoms with E-state index in [0.29, 0.717) is 13.2 Å². The first-order valence-electron chi connectivity index (χ1n) is 12.2. The quantitative estimate of drug-likeness (QED) is 0.289. The number of ether oxygens (including phenoxy) is 5. The molecule has 1 fully saturated rings. The van der Waals surface area contributed by atoms with Crippen LogP contribution in [0.2, 0.25) is 0 Å². The molecule has 5 nitrogen and oxygen atoms in total. The van der Waals surface area contributed by atoms with Crippen LogP contribution in [0.15, 0.2) is 104 Å². The van der Waals surface area contributed by atoms with Crippen LogP contribution in [-0.2, 0) is 43.5 Å². The number of halogens is 1. The van der Waals surface area contributed by atoms with Crippen LogP contribution in [0.4, 0.5) is 4.39 Å². The second-order valence-corrected chi connectivity index (χ2v) is 8.64. The molecule has 3 aromatic carbocycles. The minimum Gasteiger partial charge on any atom is -0.374 e. The Bertz CT molecular complexity index is 1020. The maximum Gasteiger partial charge on any atom is 0.228 e. The van der Waals surface area contributed by atoms with Crippen LogP contribution in [0.5, 0.6) is 0 Å². The zero-order valence-corrected chi connectivity index (χ0v) is 20.3. The van der Waals surface area contributed by atoms with E-state index in [2.05, 4.69) is 6.58 Å². The number of rotatable bonds is 13. The smallest absolute Gasteiger partial charge is 0.228 e. The molecule has 0 amide bonds. The highest BCUT2D eigenvalue weighted by Gasteiger charge is 2.48. The summed E-state index contributed by atoms with van der Waals surface area (Å²) in [6, 6.07) is 29.2. The Morgan fingerprint density at radius 3 is 1.69 bits per heavy atom. The van der Waals surface area contributed by atoms with E-state index in [0.717, 1.165) is 16.7 Å². The Labute approximate surface area is 212 Å². The largest absolute Gasteiger partial charge is 0.374 e. The highest BCUT2D eigenvalue weighted by atomic mass is 19.1. The highest BCUT2D eigenvalue weighted by molar-refractivity contribution is 5.15. The lowest BCUT2D eigenvalue weighted by Gasteiger charge is -2.43. The summed E-state index contributed by atoms with van der Waals surface area (Å²) in [5, 5.41) is 0. The van der Waals surface area contributed by atoms with Gasteiger partial charge in [-0.2, -0.15) is 0 Å². The molecule has 3 aromatic rings.